The van der Waals surface area contributed by atoms with Crippen molar-refractivity contribution < 1.29 is 4.74 Å². The Morgan fingerprint density at radius 3 is 2.42 bits per heavy atom. The minimum atomic E-state index is -0.0769. The summed E-state index contributed by atoms with van der Waals surface area (Å²) in [5.41, 5.74) is -0.0769. The van der Waals surface area contributed by atoms with Crippen molar-refractivity contribution in [3.8, 4) is 0 Å². The number of rotatable bonds is 6. The zero-order valence-corrected chi connectivity index (χ0v) is 12.9. The van der Waals surface area contributed by atoms with Gasteiger partial charge in [0.05, 0.1) is 6.61 Å². The molecular formula is C14H26N4O. The van der Waals surface area contributed by atoms with Crippen LogP contribution in [0.5, 0.6) is 0 Å². The van der Waals surface area contributed by atoms with Crippen LogP contribution in [-0.2, 0) is 10.2 Å². The van der Waals surface area contributed by atoms with Gasteiger partial charge in [0, 0.05) is 31.2 Å². The highest BCUT2D eigenvalue weighted by Gasteiger charge is 2.19. The molecule has 0 saturated carbocycles. The molecule has 0 aromatic carbocycles. The summed E-state index contributed by atoms with van der Waals surface area (Å²) in [5, 5.41) is 6.42. The molecule has 1 rings (SSSR count). The third kappa shape index (κ3) is 5.03. The van der Waals surface area contributed by atoms with Crippen LogP contribution in [0.4, 0.5) is 11.6 Å². The summed E-state index contributed by atoms with van der Waals surface area (Å²) in [7, 11) is 1.86. The molecule has 1 heterocycles. The maximum absolute atomic E-state index is 5.40. The molecule has 0 radical (unpaired) electrons. The van der Waals surface area contributed by atoms with Crippen molar-refractivity contribution >= 4 is 11.6 Å². The number of ether oxygens (including phenoxy) is 1. The lowest BCUT2D eigenvalue weighted by atomic mass is 9.96. The van der Waals surface area contributed by atoms with E-state index in [0.29, 0.717) is 6.61 Å². The molecule has 0 aliphatic carbocycles. The summed E-state index contributed by atoms with van der Waals surface area (Å²) >= 11 is 0. The molecular weight excluding hydrogens is 240 g/mol. The maximum atomic E-state index is 5.40. The fourth-order valence-corrected chi connectivity index (χ4v) is 1.57. The van der Waals surface area contributed by atoms with Gasteiger partial charge in [-0.05, 0) is 13.8 Å². The van der Waals surface area contributed by atoms with Gasteiger partial charge in [0.15, 0.2) is 0 Å². The van der Waals surface area contributed by atoms with Crippen molar-refractivity contribution in [3.05, 3.63) is 11.9 Å². The molecule has 1 aromatic rings. The number of hydrogen-bond acceptors (Lipinski definition) is 5. The van der Waals surface area contributed by atoms with Gasteiger partial charge in [-0.15, -0.1) is 0 Å². The highest BCUT2D eigenvalue weighted by molar-refractivity contribution is 5.48. The maximum Gasteiger partial charge on any atom is 0.138 e. The van der Waals surface area contributed by atoms with E-state index in [1.807, 2.05) is 20.0 Å². The number of hydrogen-bond donors (Lipinski definition) is 2. The lowest BCUT2D eigenvalue weighted by molar-refractivity contribution is 0.141. The first kappa shape index (κ1) is 15.7. The van der Waals surface area contributed by atoms with Gasteiger partial charge in [0.25, 0.3) is 0 Å². The lowest BCUT2D eigenvalue weighted by Gasteiger charge is -2.20. The van der Waals surface area contributed by atoms with Gasteiger partial charge in [-0.2, -0.15) is 0 Å². The zero-order chi connectivity index (χ0) is 14.5. The molecule has 5 heteroatoms. The molecule has 19 heavy (non-hydrogen) atoms. The van der Waals surface area contributed by atoms with Gasteiger partial charge >= 0.3 is 0 Å². The quantitative estimate of drug-likeness (QED) is 0.829. The summed E-state index contributed by atoms with van der Waals surface area (Å²) in [5.74, 6) is 2.48. The van der Waals surface area contributed by atoms with Gasteiger partial charge < -0.3 is 15.4 Å². The fourth-order valence-electron chi connectivity index (χ4n) is 1.57. The highest BCUT2D eigenvalue weighted by Crippen LogP contribution is 2.22. The molecule has 5 nitrogen and oxygen atoms in total. The Balaban J connectivity index is 2.88. The lowest BCUT2D eigenvalue weighted by Crippen LogP contribution is -2.24. The van der Waals surface area contributed by atoms with E-state index >= 15 is 0 Å². The number of nitrogens with zero attached hydrogens (tertiary/aromatic N) is 2. The number of nitrogens with one attached hydrogen (secondary N) is 2. The van der Waals surface area contributed by atoms with E-state index in [4.69, 9.17) is 4.74 Å². The van der Waals surface area contributed by atoms with Gasteiger partial charge in [-0.3, -0.25) is 0 Å². The van der Waals surface area contributed by atoms with E-state index in [1.165, 1.54) is 0 Å². The Hall–Kier alpha value is -1.36. The molecule has 0 saturated heterocycles. The summed E-state index contributed by atoms with van der Waals surface area (Å²) in [6, 6.07) is 2.13. The van der Waals surface area contributed by atoms with Crippen LogP contribution < -0.4 is 10.6 Å². The van der Waals surface area contributed by atoms with Crippen molar-refractivity contribution in [1.82, 2.24) is 9.97 Å². The van der Waals surface area contributed by atoms with Crippen molar-refractivity contribution in [2.24, 2.45) is 0 Å². The molecule has 1 unspecified atom stereocenters. The normalized spacial score (nSPS) is 13.2. The molecule has 1 aromatic heterocycles. The van der Waals surface area contributed by atoms with Crippen LogP contribution in [0.3, 0.4) is 0 Å². The number of aromatic nitrogens is 2. The highest BCUT2D eigenvalue weighted by atomic mass is 16.5. The third-order valence-electron chi connectivity index (χ3n) is 2.62. The molecule has 0 fully saturated rings. The van der Waals surface area contributed by atoms with Gasteiger partial charge in [0.1, 0.15) is 17.5 Å². The van der Waals surface area contributed by atoms with Gasteiger partial charge in [0.2, 0.25) is 0 Å². The Bertz CT molecular complexity index is 401. The van der Waals surface area contributed by atoms with Crippen LogP contribution in [0.15, 0.2) is 6.07 Å². The van der Waals surface area contributed by atoms with E-state index in [2.05, 4.69) is 48.3 Å². The Kier molecular flexibility index (Phi) is 5.54. The van der Waals surface area contributed by atoms with Crippen LogP contribution >= 0.6 is 0 Å². The molecule has 1 atom stereocenters. The van der Waals surface area contributed by atoms with Crippen LogP contribution in [0.25, 0.3) is 0 Å². The van der Waals surface area contributed by atoms with E-state index in [-0.39, 0.29) is 11.5 Å². The molecule has 108 valence electrons. The second-order valence-electron chi connectivity index (χ2n) is 5.67. The minimum Gasteiger partial charge on any atom is -0.380 e. The van der Waals surface area contributed by atoms with Gasteiger partial charge in [-0.25, -0.2) is 9.97 Å². The predicted molar refractivity (Wildman–Crippen MR) is 79.9 cm³/mol. The Morgan fingerprint density at radius 1 is 1.26 bits per heavy atom. The second-order valence-corrected chi connectivity index (χ2v) is 5.67. The van der Waals surface area contributed by atoms with E-state index in [0.717, 1.165) is 24.1 Å². The average molecular weight is 266 g/mol. The summed E-state index contributed by atoms with van der Waals surface area (Å²) in [4.78, 5) is 9.08. The first-order valence-electron chi connectivity index (χ1n) is 6.78. The molecule has 0 bridgehead atoms. The molecule has 0 spiro atoms. The Morgan fingerprint density at radius 2 is 1.89 bits per heavy atom. The zero-order valence-electron chi connectivity index (χ0n) is 12.9. The Labute approximate surface area is 116 Å². The summed E-state index contributed by atoms with van der Waals surface area (Å²) < 4.78 is 5.40. The van der Waals surface area contributed by atoms with Crippen molar-refractivity contribution in [2.75, 3.05) is 30.9 Å². The smallest absolute Gasteiger partial charge is 0.138 e. The summed E-state index contributed by atoms with van der Waals surface area (Å²) in [6.45, 7) is 11.8. The second kappa shape index (κ2) is 6.70. The van der Waals surface area contributed by atoms with Crippen LogP contribution in [0.1, 0.15) is 40.4 Å². The minimum absolute atomic E-state index is 0.0769. The topological polar surface area (TPSA) is 59.1 Å². The van der Waals surface area contributed by atoms with Crippen LogP contribution in [0.2, 0.25) is 0 Å². The number of anilines is 2. The van der Waals surface area contributed by atoms with Crippen molar-refractivity contribution in [2.45, 2.75) is 46.1 Å². The fraction of sp³-hybridized carbons (Fsp3) is 0.714. The van der Waals surface area contributed by atoms with E-state index < -0.39 is 0 Å². The van der Waals surface area contributed by atoms with Crippen LogP contribution in [-0.4, -0.2) is 36.3 Å². The largest absolute Gasteiger partial charge is 0.380 e. The first-order chi connectivity index (χ1) is 8.86. The average Bonchev–Trinajstić information content (AvgIpc) is 2.34. The van der Waals surface area contributed by atoms with Crippen molar-refractivity contribution in [3.63, 3.8) is 0 Å². The molecule has 0 aliphatic heterocycles. The first-order valence-corrected chi connectivity index (χ1v) is 6.78. The molecule has 2 N–H and O–H groups in total. The predicted octanol–water partition coefficient (Wildman–Crippen LogP) is 2.65. The van der Waals surface area contributed by atoms with Gasteiger partial charge in [-0.1, -0.05) is 20.8 Å². The van der Waals surface area contributed by atoms with E-state index in [1.54, 1.807) is 0 Å². The third-order valence-corrected chi connectivity index (χ3v) is 2.62. The SMILES string of the molecule is CCOCC(C)Nc1cc(NC)nc(C(C)(C)C)n1. The summed E-state index contributed by atoms with van der Waals surface area (Å²) in [6.07, 6.45) is 0. The van der Waals surface area contributed by atoms with Crippen LogP contribution in [0, 0.1) is 0 Å². The van der Waals surface area contributed by atoms with Crippen molar-refractivity contribution in [1.29, 1.82) is 0 Å². The standard InChI is InChI=1S/C14H26N4O/c1-7-19-9-10(2)16-12-8-11(15-6)17-13(18-12)14(3,4)5/h8,10H,7,9H2,1-6H3,(H2,15,16,17,18). The van der Waals surface area contributed by atoms with E-state index in [9.17, 15) is 0 Å². The molecule has 0 amide bonds. The molecule has 0 aliphatic rings. The monoisotopic (exact) mass is 266 g/mol.